The van der Waals surface area contributed by atoms with Gasteiger partial charge < -0.3 is 9.84 Å². The Labute approximate surface area is 102 Å². The zero-order valence-corrected chi connectivity index (χ0v) is 10.2. The Hall–Kier alpha value is -0.970. The van der Waals surface area contributed by atoms with Crippen LogP contribution in [0.4, 0.5) is 4.39 Å². The Morgan fingerprint density at radius 3 is 2.65 bits per heavy atom. The molecule has 1 N–H and O–H groups in total. The maximum Gasteiger partial charge on any atom is 0.117 e. The lowest BCUT2D eigenvalue weighted by atomic mass is 10.2. The van der Waals surface area contributed by atoms with Gasteiger partial charge in [0.2, 0.25) is 0 Å². The molecule has 0 fully saturated rings. The average molecular weight is 241 g/mol. The van der Waals surface area contributed by atoms with Gasteiger partial charge in [-0.25, -0.2) is 4.39 Å². The van der Waals surface area contributed by atoms with E-state index in [0.29, 0.717) is 26.2 Å². The summed E-state index contributed by atoms with van der Waals surface area (Å²) in [6, 6.07) is 9.92. The van der Waals surface area contributed by atoms with Crippen LogP contribution in [0.15, 0.2) is 30.3 Å². The first-order chi connectivity index (χ1) is 8.26. The Morgan fingerprint density at radius 2 is 2.06 bits per heavy atom. The van der Waals surface area contributed by atoms with Crippen molar-refractivity contribution in [1.82, 2.24) is 4.90 Å². The predicted octanol–water partition coefficient (Wildman–Crippen LogP) is 1.47. The van der Waals surface area contributed by atoms with Gasteiger partial charge in [-0.15, -0.1) is 0 Å². The van der Waals surface area contributed by atoms with Crippen LogP contribution >= 0.6 is 0 Å². The number of aliphatic hydroxyl groups excluding tert-OH is 1. The van der Waals surface area contributed by atoms with Crippen molar-refractivity contribution < 1.29 is 14.2 Å². The molecule has 4 heteroatoms. The number of halogens is 1. The van der Waals surface area contributed by atoms with E-state index in [-0.39, 0.29) is 0 Å². The van der Waals surface area contributed by atoms with Gasteiger partial charge in [-0.2, -0.15) is 0 Å². The smallest absolute Gasteiger partial charge is 0.117 e. The number of hydrogen-bond donors (Lipinski definition) is 1. The summed E-state index contributed by atoms with van der Waals surface area (Å²) in [5, 5.41) is 9.35. The Balaban J connectivity index is 2.50. The highest BCUT2D eigenvalue weighted by molar-refractivity contribution is 5.14. The fraction of sp³-hybridized carbons (Fsp3) is 0.538. The standard InChI is InChI=1S/C13H20FNO2/c1-17-8-7-15(11-13(16)9-14)10-12-5-3-2-4-6-12/h2-6,13,16H,7-11H2,1H3. The molecule has 1 rings (SSSR count). The molecule has 1 unspecified atom stereocenters. The number of nitrogens with zero attached hydrogens (tertiary/aromatic N) is 1. The van der Waals surface area contributed by atoms with E-state index in [1.165, 1.54) is 0 Å². The van der Waals surface area contributed by atoms with Crippen molar-refractivity contribution >= 4 is 0 Å². The highest BCUT2D eigenvalue weighted by Crippen LogP contribution is 2.05. The van der Waals surface area contributed by atoms with E-state index < -0.39 is 12.8 Å². The van der Waals surface area contributed by atoms with Gasteiger partial charge in [0, 0.05) is 26.7 Å². The van der Waals surface area contributed by atoms with Gasteiger partial charge in [-0.1, -0.05) is 30.3 Å². The Kier molecular flexibility index (Phi) is 6.77. The minimum absolute atomic E-state index is 0.328. The lowest BCUT2D eigenvalue weighted by molar-refractivity contribution is 0.0700. The van der Waals surface area contributed by atoms with Crippen molar-refractivity contribution in [3.63, 3.8) is 0 Å². The number of ether oxygens (including phenoxy) is 1. The van der Waals surface area contributed by atoms with E-state index in [2.05, 4.69) is 0 Å². The molecule has 0 radical (unpaired) electrons. The Morgan fingerprint density at radius 1 is 1.35 bits per heavy atom. The minimum Gasteiger partial charge on any atom is -0.389 e. The molecule has 0 spiro atoms. The minimum atomic E-state index is -0.921. The third-order valence-corrected chi connectivity index (χ3v) is 2.51. The molecule has 1 aromatic carbocycles. The van der Waals surface area contributed by atoms with Crippen LogP contribution in [0.2, 0.25) is 0 Å². The van der Waals surface area contributed by atoms with Gasteiger partial charge >= 0.3 is 0 Å². The van der Waals surface area contributed by atoms with Crippen molar-refractivity contribution in [1.29, 1.82) is 0 Å². The summed E-state index contributed by atoms with van der Waals surface area (Å²) >= 11 is 0. The maximum atomic E-state index is 12.3. The van der Waals surface area contributed by atoms with Crippen molar-refractivity contribution in [2.24, 2.45) is 0 Å². The molecule has 0 saturated heterocycles. The lowest BCUT2D eigenvalue weighted by Gasteiger charge is -2.23. The van der Waals surface area contributed by atoms with Crippen LogP contribution in [0.25, 0.3) is 0 Å². The molecule has 0 aliphatic carbocycles. The molecule has 0 aliphatic rings. The van der Waals surface area contributed by atoms with Gasteiger partial charge in [0.25, 0.3) is 0 Å². The summed E-state index contributed by atoms with van der Waals surface area (Å²) in [5.41, 5.74) is 1.15. The SMILES string of the molecule is COCCN(Cc1ccccc1)CC(O)CF. The number of benzene rings is 1. The molecular formula is C13H20FNO2. The molecule has 96 valence electrons. The van der Waals surface area contributed by atoms with Gasteiger partial charge in [0.05, 0.1) is 12.7 Å². The highest BCUT2D eigenvalue weighted by Gasteiger charge is 2.11. The zero-order valence-electron chi connectivity index (χ0n) is 10.2. The van der Waals surface area contributed by atoms with E-state index in [1.807, 2.05) is 35.2 Å². The van der Waals surface area contributed by atoms with Crippen LogP contribution in [0, 0.1) is 0 Å². The molecule has 1 aromatic rings. The van der Waals surface area contributed by atoms with Gasteiger partial charge in [-0.3, -0.25) is 4.90 Å². The van der Waals surface area contributed by atoms with E-state index in [9.17, 15) is 9.50 Å². The van der Waals surface area contributed by atoms with Crippen LogP contribution < -0.4 is 0 Å². The van der Waals surface area contributed by atoms with Gasteiger partial charge in [0.15, 0.2) is 0 Å². The molecule has 17 heavy (non-hydrogen) atoms. The molecule has 0 aromatic heterocycles. The van der Waals surface area contributed by atoms with E-state index >= 15 is 0 Å². The van der Waals surface area contributed by atoms with Crippen LogP contribution in [0.5, 0.6) is 0 Å². The second-order valence-electron chi connectivity index (χ2n) is 4.02. The molecule has 0 heterocycles. The Bertz CT molecular complexity index is 295. The number of hydrogen-bond acceptors (Lipinski definition) is 3. The number of aliphatic hydroxyl groups is 1. The first-order valence-corrected chi connectivity index (χ1v) is 5.75. The third-order valence-electron chi connectivity index (χ3n) is 2.51. The van der Waals surface area contributed by atoms with E-state index in [4.69, 9.17) is 4.74 Å². The topological polar surface area (TPSA) is 32.7 Å². The van der Waals surface area contributed by atoms with Gasteiger partial charge in [0.1, 0.15) is 6.67 Å². The zero-order chi connectivity index (χ0) is 12.5. The number of rotatable bonds is 8. The molecular weight excluding hydrogens is 221 g/mol. The van der Waals surface area contributed by atoms with Crippen LogP contribution in [-0.4, -0.2) is 49.6 Å². The van der Waals surface area contributed by atoms with Crippen molar-refractivity contribution in [2.75, 3.05) is 33.5 Å². The summed E-state index contributed by atoms with van der Waals surface area (Å²) in [6.45, 7) is 1.57. The molecule has 0 aliphatic heterocycles. The fourth-order valence-corrected chi connectivity index (χ4v) is 1.64. The van der Waals surface area contributed by atoms with Crippen molar-refractivity contribution in [2.45, 2.75) is 12.6 Å². The van der Waals surface area contributed by atoms with Crippen LogP contribution in [0.3, 0.4) is 0 Å². The third kappa shape index (κ3) is 5.77. The monoisotopic (exact) mass is 241 g/mol. The summed E-state index contributed by atoms with van der Waals surface area (Å²) in [7, 11) is 1.63. The van der Waals surface area contributed by atoms with Crippen LogP contribution in [-0.2, 0) is 11.3 Å². The highest BCUT2D eigenvalue weighted by atomic mass is 19.1. The first kappa shape index (κ1) is 14.1. The second kappa shape index (κ2) is 8.17. The summed E-state index contributed by atoms with van der Waals surface area (Å²) in [4.78, 5) is 1.99. The molecule has 3 nitrogen and oxygen atoms in total. The van der Waals surface area contributed by atoms with Gasteiger partial charge in [-0.05, 0) is 5.56 Å². The molecule has 1 atom stereocenters. The molecule has 0 bridgehead atoms. The number of methoxy groups -OCH3 is 1. The number of alkyl halides is 1. The molecule has 0 amide bonds. The normalized spacial score (nSPS) is 12.9. The predicted molar refractivity (Wildman–Crippen MR) is 65.6 cm³/mol. The summed E-state index contributed by atoms with van der Waals surface area (Å²) in [5.74, 6) is 0. The van der Waals surface area contributed by atoms with Crippen LogP contribution in [0.1, 0.15) is 5.56 Å². The molecule has 0 saturated carbocycles. The van der Waals surface area contributed by atoms with Crippen molar-refractivity contribution in [3.05, 3.63) is 35.9 Å². The summed E-state index contributed by atoms with van der Waals surface area (Å²) in [6.07, 6.45) is -0.921. The average Bonchev–Trinajstić information content (AvgIpc) is 2.37. The van der Waals surface area contributed by atoms with E-state index in [0.717, 1.165) is 5.56 Å². The second-order valence-corrected chi connectivity index (χ2v) is 4.02. The van der Waals surface area contributed by atoms with Crippen molar-refractivity contribution in [3.8, 4) is 0 Å². The fourth-order valence-electron chi connectivity index (χ4n) is 1.64. The first-order valence-electron chi connectivity index (χ1n) is 5.75. The largest absolute Gasteiger partial charge is 0.389 e. The quantitative estimate of drug-likeness (QED) is 0.748. The maximum absolute atomic E-state index is 12.3. The summed E-state index contributed by atoms with van der Waals surface area (Å²) < 4.78 is 17.3. The lowest BCUT2D eigenvalue weighted by Crippen LogP contribution is -2.35. The van der Waals surface area contributed by atoms with E-state index in [1.54, 1.807) is 7.11 Å².